The third kappa shape index (κ3) is 4.73. The number of aromatic nitrogens is 1. The van der Waals surface area contributed by atoms with Crippen LogP contribution in [-0.2, 0) is 4.74 Å². The predicted molar refractivity (Wildman–Crippen MR) is 80.5 cm³/mol. The lowest BCUT2D eigenvalue weighted by molar-refractivity contribution is 0.0375. The van der Waals surface area contributed by atoms with Crippen molar-refractivity contribution in [2.45, 2.75) is 20.3 Å². The highest BCUT2D eigenvalue weighted by atomic mass is 32.1. The van der Waals surface area contributed by atoms with Crippen LogP contribution in [-0.4, -0.2) is 55.3 Å². The van der Waals surface area contributed by atoms with Gasteiger partial charge in [-0.15, -0.1) is 11.3 Å². The Balaban J connectivity index is 1.60. The van der Waals surface area contributed by atoms with E-state index in [1.807, 2.05) is 13.8 Å². The van der Waals surface area contributed by atoms with Gasteiger partial charge in [-0.2, -0.15) is 0 Å². The zero-order valence-electron chi connectivity index (χ0n) is 12.1. The first kappa shape index (κ1) is 15.2. The Kier molecular flexibility index (Phi) is 5.75. The maximum atomic E-state index is 11.7. The Bertz CT molecular complexity index is 424. The topological polar surface area (TPSA) is 66.5 Å². The van der Waals surface area contributed by atoms with Crippen LogP contribution in [0.5, 0.6) is 0 Å². The van der Waals surface area contributed by atoms with E-state index in [2.05, 4.69) is 20.5 Å². The lowest BCUT2D eigenvalue weighted by Crippen LogP contribution is -2.38. The number of urea groups is 1. The average molecular weight is 298 g/mol. The Morgan fingerprint density at radius 2 is 2.15 bits per heavy atom. The lowest BCUT2D eigenvalue weighted by atomic mass is 10.3. The predicted octanol–water partition coefficient (Wildman–Crippen LogP) is 1.60. The van der Waals surface area contributed by atoms with E-state index in [9.17, 15) is 4.79 Å². The number of carbonyl (C=O) groups is 1. The van der Waals surface area contributed by atoms with E-state index < -0.39 is 0 Å². The molecule has 1 saturated heterocycles. The first-order valence-corrected chi connectivity index (χ1v) is 7.76. The quantitative estimate of drug-likeness (QED) is 0.810. The molecule has 7 heteroatoms. The number of thiazole rings is 1. The van der Waals surface area contributed by atoms with Crippen LogP contribution in [0.1, 0.15) is 17.0 Å². The van der Waals surface area contributed by atoms with Gasteiger partial charge in [-0.05, 0) is 26.8 Å². The van der Waals surface area contributed by atoms with Gasteiger partial charge in [0.05, 0.1) is 18.9 Å². The Morgan fingerprint density at radius 1 is 1.40 bits per heavy atom. The number of nitrogens with zero attached hydrogens (tertiary/aromatic N) is 2. The number of rotatable bonds is 5. The molecule has 2 N–H and O–H groups in total. The summed E-state index contributed by atoms with van der Waals surface area (Å²) in [6.45, 7) is 9.22. The van der Waals surface area contributed by atoms with Crippen LogP contribution in [0.4, 0.5) is 9.93 Å². The van der Waals surface area contributed by atoms with Crippen molar-refractivity contribution in [2.24, 2.45) is 0 Å². The van der Waals surface area contributed by atoms with Gasteiger partial charge in [0.2, 0.25) is 0 Å². The van der Waals surface area contributed by atoms with Gasteiger partial charge < -0.3 is 10.1 Å². The lowest BCUT2D eigenvalue weighted by Gasteiger charge is -2.26. The molecule has 0 aliphatic carbocycles. The average Bonchev–Trinajstić information content (AvgIpc) is 2.74. The van der Waals surface area contributed by atoms with E-state index in [0.717, 1.165) is 49.8 Å². The van der Waals surface area contributed by atoms with Gasteiger partial charge in [-0.25, -0.2) is 9.78 Å². The molecular formula is C13H22N4O2S. The molecular weight excluding hydrogens is 276 g/mol. The molecule has 2 rings (SSSR count). The molecule has 1 aromatic heterocycles. The SMILES string of the molecule is Cc1nc(NC(=O)NCCCN2CCOCC2)sc1C. The normalized spacial score (nSPS) is 16.1. The molecule has 0 bridgehead atoms. The molecule has 0 saturated carbocycles. The number of aryl methyl sites for hydroxylation is 2. The van der Waals surface area contributed by atoms with E-state index in [1.54, 1.807) is 0 Å². The standard InChI is InChI=1S/C13H22N4O2S/c1-10-11(2)20-13(15-10)16-12(18)14-4-3-5-17-6-8-19-9-7-17/h3-9H2,1-2H3,(H2,14,15,16,18). The van der Waals surface area contributed by atoms with Crippen LogP contribution in [0, 0.1) is 13.8 Å². The second kappa shape index (κ2) is 7.56. The van der Waals surface area contributed by atoms with Crippen molar-refractivity contribution >= 4 is 22.5 Å². The number of hydrogen-bond donors (Lipinski definition) is 2. The molecule has 1 aromatic rings. The third-order valence-electron chi connectivity index (χ3n) is 3.29. The molecule has 0 atom stereocenters. The third-order valence-corrected chi connectivity index (χ3v) is 4.28. The van der Waals surface area contributed by atoms with Gasteiger partial charge in [0.15, 0.2) is 5.13 Å². The summed E-state index contributed by atoms with van der Waals surface area (Å²) in [7, 11) is 0. The highest BCUT2D eigenvalue weighted by Crippen LogP contribution is 2.20. The smallest absolute Gasteiger partial charge is 0.321 e. The fourth-order valence-electron chi connectivity index (χ4n) is 2.00. The molecule has 112 valence electrons. The van der Waals surface area contributed by atoms with Gasteiger partial charge in [0.25, 0.3) is 0 Å². The summed E-state index contributed by atoms with van der Waals surface area (Å²) < 4.78 is 5.30. The van der Waals surface area contributed by atoms with Crippen LogP contribution < -0.4 is 10.6 Å². The summed E-state index contributed by atoms with van der Waals surface area (Å²) in [4.78, 5) is 19.5. The van der Waals surface area contributed by atoms with E-state index >= 15 is 0 Å². The van der Waals surface area contributed by atoms with Crippen LogP contribution in [0.2, 0.25) is 0 Å². The van der Waals surface area contributed by atoms with Crippen LogP contribution >= 0.6 is 11.3 Å². The maximum absolute atomic E-state index is 11.7. The van der Waals surface area contributed by atoms with Crippen molar-refractivity contribution in [3.63, 3.8) is 0 Å². The monoisotopic (exact) mass is 298 g/mol. The highest BCUT2D eigenvalue weighted by Gasteiger charge is 2.10. The largest absolute Gasteiger partial charge is 0.379 e. The van der Waals surface area contributed by atoms with Crippen LogP contribution in [0.15, 0.2) is 0 Å². The molecule has 0 aromatic carbocycles. The number of amides is 2. The van der Waals surface area contributed by atoms with E-state index in [0.29, 0.717) is 11.7 Å². The molecule has 0 unspecified atom stereocenters. The number of carbonyl (C=O) groups excluding carboxylic acids is 1. The summed E-state index contributed by atoms with van der Waals surface area (Å²) >= 11 is 1.50. The minimum Gasteiger partial charge on any atom is -0.379 e. The van der Waals surface area contributed by atoms with Crippen molar-refractivity contribution < 1.29 is 9.53 Å². The number of nitrogens with one attached hydrogen (secondary N) is 2. The molecule has 0 radical (unpaired) electrons. The summed E-state index contributed by atoms with van der Waals surface area (Å²) in [5.74, 6) is 0. The van der Waals surface area contributed by atoms with E-state index in [4.69, 9.17) is 4.74 Å². The van der Waals surface area contributed by atoms with Crippen LogP contribution in [0.3, 0.4) is 0 Å². The second-order valence-corrected chi connectivity index (χ2v) is 6.05. The van der Waals surface area contributed by atoms with E-state index in [-0.39, 0.29) is 6.03 Å². The summed E-state index contributed by atoms with van der Waals surface area (Å²) in [6.07, 6.45) is 0.948. The van der Waals surface area contributed by atoms with E-state index in [1.165, 1.54) is 11.3 Å². The zero-order valence-corrected chi connectivity index (χ0v) is 12.9. The molecule has 2 heterocycles. The Labute approximate surface area is 123 Å². The van der Waals surface area contributed by atoms with Gasteiger partial charge in [0, 0.05) is 24.5 Å². The molecule has 6 nitrogen and oxygen atoms in total. The molecule has 20 heavy (non-hydrogen) atoms. The number of hydrogen-bond acceptors (Lipinski definition) is 5. The minimum absolute atomic E-state index is 0.180. The fraction of sp³-hybridized carbons (Fsp3) is 0.692. The van der Waals surface area contributed by atoms with Crippen molar-refractivity contribution in [3.05, 3.63) is 10.6 Å². The summed E-state index contributed by atoms with van der Waals surface area (Å²) in [5, 5.41) is 6.28. The zero-order chi connectivity index (χ0) is 14.4. The van der Waals surface area contributed by atoms with Crippen LogP contribution in [0.25, 0.3) is 0 Å². The molecule has 0 spiro atoms. The number of morpholine rings is 1. The summed E-state index contributed by atoms with van der Waals surface area (Å²) in [5.41, 5.74) is 0.970. The molecule has 1 aliphatic rings. The first-order valence-electron chi connectivity index (χ1n) is 6.94. The second-order valence-electron chi connectivity index (χ2n) is 4.85. The molecule has 2 amide bonds. The van der Waals surface area contributed by atoms with Gasteiger partial charge in [0.1, 0.15) is 0 Å². The highest BCUT2D eigenvalue weighted by molar-refractivity contribution is 7.15. The fourth-order valence-corrected chi connectivity index (χ4v) is 2.81. The van der Waals surface area contributed by atoms with Gasteiger partial charge in [-0.3, -0.25) is 10.2 Å². The minimum atomic E-state index is -0.180. The van der Waals surface area contributed by atoms with Gasteiger partial charge in [-0.1, -0.05) is 0 Å². The molecule has 1 fully saturated rings. The number of anilines is 1. The number of ether oxygens (including phenoxy) is 1. The Hall–Kier alpha value is -1.18. The summed E-state index contributed by atoms with van der Waals surface area (Å²) in [6, 6.07) is -0.180. The maximum Gasteiger partial charge on any atom is 0.321 e. The van der Waals surface area contributed by atoms with Crippen molar-refractivity contribution in [1.82, 2.24) is 15.2 Å². The van der Waals surface area contributed by atoms with Crippen molar-refractivity contribution in [2.75, 3.05) is 44.7 Å². The molecule has 1 aliphatic heterocycles. The van der Waals surface area contributed by atoms with Crippen molar-refractivity contribution in [1.29, 1.82) is 0 Å². The first-order chi connectivity index (χ1) is 9.65. The van der Waals surface area contributed by atoms with Crippen molar-refractivity contribution in [3.8, 4) is 0 Å². The Morgan fingerprint density at radius 3 is 2.80 bits per heavy atom. The van der Waals surface area contributed by atoms with Gasteiger partial charge >= 0.3 is 6.03 Å².